The number of benzene rings is 2. The van der Waals surface area contributed by atoms with E-state index in [0.29, 0.717) is 24.6 Å². The summed E-state index contributed by atoms with van der Waals surface area (Å²) in [5.74, 6) is 1.71. The lowest BCUT2D eigenvalue weighted by Gasteiger charge is -2.24. The normalized spacial score (nSPS) is 16.3. The minimum Gasteiger partial charge on any atom is -0.496 e. The van der Waals surface area contributed by atoms with E-state index in [2.05, 4.69) is 9.88 Å². The molecule has 1 aliphatic rings. The van der Waals surface area contributed by atoms with Crippen LogP contribution in [-0.4, -0.2) is 44.0 Å². The van der Waals surface area contributed by atoms with Gasteiger partial charge in [-0.05, 0) is 29.8 Å². The number of sulfone groups is 1. The summed E-state index contributed by atoms with van der Waals surface area (Å²) in [7, 11) is -1.50. The van der Waals surface area contributed by atoms with E-state index in [1.165, 1.54) is 6.26 Å². The molecule has 2 heterocycles. The molecule has 3 aromatic rings. The SMILES string of the molecule is COc1ccccc1-c1cn2c(n1)CO[C@@H](CNCc1ccc(S(C)(=O)=O)cc1)C2. The molecule has 8 heteroatoms. The quantitative estimate of drug-likeness (QED) is 0.624. The van der Waals surface area contributed by atoms with Crippen molar-refractivity contribution < 1.29 is 17.9 Å². The number of nitrogens with zero attached hydrogens (tertiary/aromatic N) is 2. The molecule has 30 heavy (non-hydrogen) atoms. The molecule has 1 atom stereocenters. The van der Waals surface area contributed by atoms with Gasteiger partial charge < -0.3 is 19.4 Å². The number of hydrogen-bond acceptors (Lipinski definition) is 6. The fourth-order valence-electron chi connectivity index (χ4n) is 3.53. The molecule has 158 valence electrons. The van der Waals surface area contributed by atoms with Crippen molar-refractivity contribution in [2.45, 2.75) is 30.7 Å². The summed E-state index contributed by atoms with van der Waals surface area (Å²) < 4.78 is 36.6. The number of fused-ring (bicyclic) bond motifs is 1. The third kappa shape index (κ3) is 4.56. The highest BCUT2D eigenvalue weighted by atomic mass is 32.2. The Morgan fingerprint density at radius 1 is 1.20 bits per heavy atom. The highest BCUT2D eigenvalue weighted by molar-refractivity contribution is 7.90. The first kappa shape index (κ1) is 20.6. The van der Waals surface area contributed by atoms with E-state index >= 15 is 0 Å². The van der Waals surface area contributed by atoms with Gasteiger partial charge in [-0.15, -0.1) is 0 Å². The highest BCUT2D eigenvalue weighted by Crippen LogP contribution is 2.30. The minimum atomic E-state index is -3.17. The molecule has 0 aliphatic carbocycles. The van der Waals surface area contributed by atoms with E-state index in [0.717, 1.165) is 34.9 Å². The third-order valence-corrected chi connectivity index (χ3v) is 6.27. The molecule has 0 saturated heterocycles. The Morgan fingerprint density at radius 3 is 2.70 bits per heavy atom. The van der Waals surface area contributed by atoms with Gasteiger partial charge in [-0.2, -0.15) is 0 Å². The summed E-state index contributed by atoms with van der Waals surface area (Å²) in [6, 6.07) is 14.8. The van der Waals surface area contributed by atoms with E-state index in [-0.39, 0.29) is 6.10 Å². The number of imidazole rings is 1. The van der Waals surface area contributed by atoms with Crippen LogP contribution in [0.4, 0.5) is 0 Å². The lowest BCUT2D eigenvalue weighted by Crippen LogP contribution is -2.35. The smallest absolute Gasteiger partial charge is 0.175 e. The summed E-state index contributed by atoms with van der Waals surface area (Å²) >= 11 is 0. The van der Waals surface area contributed by atoms with Gasteiger partial charge in [0.25, 0.3) is 0 Å². The Kier molecular flexibility index (Phi) is 5.90. The van der Waals surface area contributed by atoms with Crippen molar-refractivity contribution in [1.82, 2.24) is 14.9 Å². The second-order valence-electron chi connectivity index (χ2n) is 7.38. The molecule has 2 aromatic carbocycles. The lowest BCUT2D eigenvalue weighted by molar-refractivity contribution is 0.00278. The van der Waals surface area contributed by atoms with E-state index in [1.807, 2.05) is 42.6 Å². The number of hydrogen-bond donors (Lipinski definition) is 1. The summed E-state index contributed by atoms with van der Waals surface area (Å²) in [4.78, 5) is 5.04. The second-order valence-corrected chi connectivity index (χ2v) is 9.39. The van der Waals surface area contributed by atoms with Gasteiger partial charge in [0.2, 0.25) is 0 Å². The second kappa shape index (κ2) is 8.59. The first-order valence-corrected chi connectivity index (χ1v) is 11.6. The van der Waals surface area contributed by atoms with Crippen LogP contribution in [0.15, 0.2) is 59.6 Å². The van der Waals surface area contributed by atoms with Gasteiger partial charge >= 0.3 is 0 Å². The maximum Gasteiger partial charge on any atom is 0.175 e. The van der Waals surface area contributed by atoms with Crippen LogP contribution in [0.5, 0.6) is 5.75 Å². The summed E-state index contributed by atoms with van der Waals surface area (Å²) in [6.45, 7) is 2.52. The Bertz CT molecular complexity index is 1120. The molecule has 0 radical (unpaired) electrons. The fraction of sp³-hybridized carbons (Fsp3) is 0.318. The number of aromatic nitrogens is 2. The maximum atomic E-state index is 11.5. The van der Waals surface area contributed by atoms with Crippen LogP contribution in [0.25, 0.3) is 11.3 Å². The van der Waals surface area contributed by atoms with Gasteiger partial charge in [0.1, 0.15) is 18.2 Å². The molecular weight excluding hydrogens is 402 g/mol. The van der Waals surface area contributed by atoms with Crippen LogP contribution in [0.3, 0.4) is 0 Å². The molecule has 0 saturated carbocycles. The predicted octanol–water partition coefficient (Wildman–Crippen LogP) is 2.65. The Hall–Kier alpha value is -2.68. The third-order valence-electron chi connectivity index (χ3n) is 5.14. The molecule has 0 bridgehead atoms. The van der Waals surface area contributed by atoms with E-state index in [9.17, 15) is 8.42 Å². The zero-order valence-electron chi connectivity index (χ0n) is 17.0. The molecule has 0 amide bonds. The summed E-state index contributed by atoms with van der Waals surface area (Å²) in [5, 5.41) is 3.39. The topological polar surface area (TPSA) is 82.4 Å². The van der Waals surface area contributed by atoms with Crippen molar-refractivity contribution in [2.24, 2.45) is 0 Å². The van der Waals surface area contributed by atoms with Gasteiger partial charge in [-0.1, -0.05) is 24.3 Å². The van der Waals surface area contributed by atoms with Crippen LogP contribution in [-0.2, 0) is 34.3 Å². The van der Waals surface area contributed by atoms with Crippen molar-refractivity contribution in [2.75, 3.05) is 19.9 Å². The molecule has 1 aromatic heterocycles. The average molecular weight is 428 g/mol. The number of methoxy groups -OCH3 is 1. The zero-order valence-corrected chi connectivity index (χ0v) is 17.9. The number of para-hydroxylation sites is 1. The van der Waals surface area contributed by atoms with Gasteiger partial charge in [-0.25, -0.2) is 13.4 Å². The number of rotatable bonds is 7. The first-order chi connectivity index (χ1) is 14.4. The van der Waals surface area contributed by atoms with Gasteiger partial charge in [0.05, 0.1) is 30.3 Å². The summed E-state index contributed by atoms with van der Waals surface area (Å²) in [5.41, 5.74) is 2.87. The van der Waals surface area contributed by atoms with Crippen molar-refractivity contribution in [3.05, 3.63) is 66.1 Å². The monoisotopic (exact) mass is 427 g/mol. The Labute approximate surface area is 176 Å². The molecule has 4 rings (SSSR count). The van der Waals surface area contributed by atoms with Crippen LogP contribution in [0, 0.1) is 0 Å². The maximum absolute atomic E-state index is 11.5. The molecule has 7 nitrogen and oxygen atoms in total. The molecule has 1 N–H and O–H groups in total. The van der Waals surface area contributed by atoms with Crippen molar-refractivity contribution in [1.29, 1.82) is 0 Å². The predicted molar refractivity (Wildman–Crippen MR) is 114 cm³/mol. The summed E-state index contributed by atoms with van der Waals surface area (Å²) in [6.07, 6.45) is 3.30. The van der Waals surface area contributed by atoms with Crippen LogP contribution in [0.1, 0.15) is 11.4 Å². The Balaban J connectivity index is 1.35. The van der Waals surface area contributed by atoms with E-state index < -0.39 is 9.84 Å². The van der Waals surface area contributed by atoms with Gasteiger partial charge in [0, 0.05) is 31.1 Å². The van der Waals surface area contributed by atoms with Gasteiger partial charge in [0.15, 0.2) is 9.84 Å². The number of nitrogens with one attached hydrogen (secondary N) is 1. The van der Waals surface area contributed by atoms with E-state index in [1.54, 1.807) is 19.2 Å². The van der Waals surface area contributed by atoms with Crippen molar-refractivity contribution in [3.8, 4) is 17.0 Å². The van der Waals surface area contributed by atoms with Gasteiger partial charge in [-0.3, -0.25) is 0 Å². The molecule has 0 fully saturated rings. The number of ether oxygens (including phenoxy) is 2. The molecule has 0 unspecified atom stereocenters. The van der Waals surface area contributed by atoms with E-state index in [4.69, 9.17) is 14.5 Å². The standard InChI is InChI=1S/C22H25N3O4S/c1-28-21-6-4-3-5-19(21)20-14-25-13-17(29-15-22(25)24-20)12-23-11-16-7-9-18(10-8-16)30(2,26)27/h3-10,14,17,23H,11-13,15H2,1-2H3/t17-/m0/s1. The van der Waals surface area contributed by atoms with Crippen LogP contribution >= 0.6 is 0 Å². The highest BCUT2D eigenvalue weighted by Gasteiger charge is 2.22. The fourth-order valence-corrected chi connectivity index (χ4v) is 4.16. The largest absolute Gasteiger partial charge is 0.496 e. The van der Waals surface area contributed by atoms with Crippen molar-refractivity contribution >= 4 is 9.84 Å². The molecule has 1 aliphatic heterocycles. The Morgan fingerprint density at radius 2 is 1.97 bits per heavy atom. The molecule has 0 spiro atoms. The minimum absolute atomic E-state index is 0.0347. The molecular formula is C22H25N3O4S. The zero-order chi connectivity index (χ0) is 21.1. The van der Waals surface area contributed by atoms with Crippen molar-refractivity contribution in [3.63, 3.8) is 0 Å². The van der Waals surface area contributed by atoms with Crippen LogP contribution in [0.2, 0.25) is 0 Å². The lowest BCUT2D eigenvalue weighted by atomic mass is 10.1. The first-order valence-electron chi connectivity index (χ1n) is 9.75. The van der Waals surface area contributed by atoms with Crippen LogP contribution < -0.4 is 10.1 Å². The average Bonchev–Trinajstić information content (AvgIpc) is 3.17.